The highest BCUT2D eigenvalue weighted by molar-refractivity contribution is 5.82. The Morgan fingerprint density at radius 1 is 0.872 bits per heavy atom. The van der Waals surface area contributed by atoms with Crippen LogP contribution in [0.25, 0.3) is 0 Å². The summed E-state index contributed by atoms with van der Waals surface area (Å²) >= 11 is 0. The second kappa shape index (κ2) is 20.5. The van der Waals surface area contributed by atoms with E-state index in [-0.39, 0.29) is 25.6 Å². The van der Waals surface area contributed by atoms with Crippen molar-refractivity contribution in [2.24, 2.45) is 0 Å². The lowest BCUT2D eigenvalue weighted by Gasteiger charge is -2.30. The van der Waals surface area contributed by atoms with Gasteiger partial charge in [0.05, 0.1) is 12.6 Å². The lowest BCUT2D eigenvalue weighted by molar-refractivity contribution is -0.192. The Labute approximate surface area is 273 Å². The predicted octanol–water partition coefficient (Wildman–Crippen LogP) is 4.40. The average Bonchev–Trinajstić information content (AvgIpc) is 3.05. The summed E-state index contributed by atoms with van der Waals surface area (Å²) < 4.78 is 36.9. The molecule has 3 rings (SSSR count). The third-order valence-corrected chi connectivity index (χ3v) is 6.85. The number of ether oxygens (including phenoxy) is 1. The van der Waals surface area contributed by atoms with E-state index in [4.69, 9.17) is 14.6 Å². The first-order valence-corrected chi connectivity index (χ1v) is 15.1. The molecule has 4 N–H and O–H groups in total. The monoisotopic (exact) mass is 660 g/mol. The highest BCUT2D eigenvalue weighted by Gasteiger charge is 2.38. The van der Waals surface area contributed by atoms with Gasteiger partial charge in [0.2, 0.25) is 5.91 Å². The number of aliphatic carboxylic acids is 1. The van der Waals surface area contributed by atoms with Gasteiger partial charge in [-0.2, -0.15) is 13.2 Å². The number of amides is 2. The van der Waals surface area contributed by atoms with E-state index in [0.717, 1.165) is 38.2 Å². The van der Waals surface area contributed by atoms with Crippen LogP contribution in [-0.2, 0) is 27.4 Å². The average molecular weight is 661 g/mol. The predicted molar refractivity (Wildman–Crippen MR) is 173 cm³/mol. The van der Waals surface area contributed by atoms with Crippen molar-refractivity contribution in [3.63, 3.8) is 0 Å². The van der Waals surface area contributed by atoms with Crippen LogP contribution in [0.15, 0.2) is 84.9 Å². The van der Waals surface area contributed by atoms with Gasteiger partial charge in [0.25, 0.3) is 0 Å². The number of hydrogen-bond donors (Lipinski definition) is 4. The van der Waals surface area contributed by atoms with Gasteiger partial charge in [-0.15, -0.1) is 0 Å². The largest absolute Gasteiger partial charge is 0.490 e. The lowest BCUT2D eigenvalue weighted by atomic mass is 10.1. The summed E-state index contributed by atoms with van der Waals surface area (Å²) in [5.41, 5.74) is 4.52. The van der Waals surface area contributed by atoms with Crippen molar-refractivity contribution in [2.45, 2.75) is 39.2 Å². The maximum atomic E-state index is 12.2. The topological polar surface area (TPSA) is 131 Å². The highest BCUT2D eigenvalue weighted by Crippen LogP contribution is 2.16. The summed E-state index contributed by atoms with van der Waals surface area (Å²) in [5.74, 6) is -3.14. The molecule has 0 fully saturated rings. The molecule has 0 saturated carbocycles. The molecule has 0 aliphatic rings. The Morgan fingerprint density at radius 3 is 2.06 bits per heavy atom. The van der Waals surface area contributed by atoms with Gasteiger partial charge < -0.3 is 30.5 Å². The molecule has 3 aromatic carbocycles. The number of aryl methyl sites for hydroxylation is 1. The van der Waals surface area contributed by atoms with Crippen molar-refractivity contribution in [1.82, 2.24) is 15.5 Å². The summed E-state index contributed by atoms with van der Waals surface area (Å²) in [5, 5.41) is 23.0. The number of carboxylic acids is 1. The Kier molecular flexibility index (Phi) is 16.8. The standard InChI is InChI=1S/C32H42N4O4.C2HF3O2/c1-3-36(29-16-10-11-26(2)21-29)20-19-35(18-17-27-12-6-4-7-13-27)24-30(37)22-33-31(38)23-34-32(39)40-25-28-14-8-5-9-15-28;3-2(4,5)1(6)7/h4-16,21,30,37H,3,17-20,22-25H2,1-2H3,(H,33,38)(H,34,39);(H,6,7). The molecular formula is C34H43F3N4O6. The van der Waals surface area contributed by atoms with Crippen LogP contribution < -0.4 is 15.5 Å². The van der Waals surface area contributed by atoms with Crippen LogP contribution in [0.1, 0.15) is 23.6 Å². The smallest absolute Gasteiger partial charge is 0.475 e. The Bertz CT molecular complexity index is 1360. The quantitative estimate of drug-likeness (QED) is 0.178. The van der Waals surface area contributed by atoms with Crippen LogP contribution in [0.5, 0.6) is 0 Å². The Morgan fingerprint density at radius 2 is 1.49 bits per heavy atom. The number of benzene rings is 3. The SMILES string of the molecule is CCN(CCN(CCc1ccccc1)CC(O)CNC(=O)CNC(=O)OCc1ccccc1)c1cccc(C)c1.O=C(O)C(F)(F)F. The fourth-order valence-corrected chi connectivity index (χ4v) is 4.37. The molecule has 0 aromatic heterocycles. The van der Waals surface area contributed by atoms with E-state index in [1.807, 2.05) is 48.5 Å². The van der Waals surface area contributed by atoms with Crippen LogP contribution in [0.2, 0.25) is 0 Å². The number of alkyl carbamates (subject to hydrolysis) is 1. The van der Waals surface area contributed by atoms with Gasteiger partial charge in [-0.3, -0.25) is 9.69 Å². The number of nitrogens with zero attached hydrogens (tertiary/aromatic N) is 2. The number of aliphatic hydroxyl groups excluding tert-OH is 1. The van der Waals surface area contributed by atoms with Gasteiger partial charge in [-0.05, 0) is 49.1 Å². The lowest BCUT2D eigenvalue weighted by Crippen LogP contribution is -2.45. The zero-order chi connectivity index (χ0) is 34.7. The third-order valence-electron chi connectivity index (χ3n) is 6.85. The van der Waals surface area contributed by atoms with E-state index in [2.05, 4.69) is 70.7 Å². The maximum absolute atomic E-state index is 12.2. The van der Waals surface area contributed by atoms with Crippen LogP contribution >= 0.6 is 0 Å². The summed E-state index contributed by atoms with van der Waals surface area (Å²) in [7, 11) is 0. The number of halogens is 3. The molecule has 47 heavy (non-hydrogen) atoms. The minimum absolute atomic E-state index is 0.0940. The first-order valence-electron chi connectivity index (χ1n) is 15.1. The molecule has 3 aromatic rings. The summed E-state index contributed by atoms with van der Waals surface area (Å²) in [6.45, 7) is 7.93. The molecule has 0 spiro atoms. The number of nitrogens with one attached hydrogen (secondary N) is 2. The number of carboxylic acid groups (broad SMARTS) is 1. The normalized spacial score (nSPS) is 11.6. The van der Waals surface area contributed by atoms with E-state index in [9.17, 15) is 27.9 Å². The molecule has 1 unspecified atom stereocenters. The second-order valence-corrected chi connectivity index (χ2v) is 10.6. The van der Waals surface area contributed by atoms with E-state index in [0.29, 0.717) is 6.54 Å². The number of carbonyl (C=O) groups excluding carboxylic acids is 2. The number of anilines is 1. The van der Waals surface area contributed by atoms with Crippen LogP contribution in [0.4, 0.5) is 23.7 Å². The third kappa shape index (κ3) is 16.5. The maximum Gasteiger partial charge on any atom is 0.490 e. The van der Waals surface area contributed by atoms with Crippen molar-refractivity contribution in [3.05, 3.63) is 102 Å². The molecule has 0 bridgehead atoms. The number of hydrogen-bond acceptors (Lipinski definition) is 7. The van der Waals surface area contributed by atoms with Crippen LogP contribution in [0.3, 0.4) is 0 Å². The van der Waals surface area contributed by atoms with Crippen molar-refractivity contribution in [2.75, 3.05) is 50.7 Å². The van der Waals surface area contributed by atoms with Gasteiger partial charge in [0, 0.05) is 45.0 Å². The Balaban J connectivity index is 0.000000984. The molecule has 0 aliphatic heterocycles. The minimum atomic E-state index is -5.08. The van der Waals surface area contributed by atoms with Gasteiger partial charge in [-0.1, -0.05) is 72.8 Å². The summed E-state index contributed by atoms with van der Waals surface area (Å²) in [4.78, 5) is 37.6. The molecule has 0 radical (unpaired) electrons. The fourth-order valence-electron chi connectivity index (χ4n) is 4.37. The molecule has 13 heteroatoms. The molecule has 0 saturated heterocycles. The molecule has 0 aliphatic carbocycles. The van der Waals surface area contributed by atoms with Crippen molar-refractivity contribution in [1.29, 1.82) is 0 Å². The van der Waals surface area contributed by atoms with E-state index < -0.39 is 24.3 Å². The fraction of sp³-hybridized carbons (Fsp3) is 0.382. The summed E-state index contributed by atoms with van der Waals surface area (Å²) in [6.07, 6.45) is -5.63. The van der Waals surface area contributed by atoms with Crippen molar-refractivity contribution >= 4 is 23.7 Å². The summed E-state index contributed by atoms with van der Waals surface area (Å²) in [6, 6.07) is 28.1. The van der Waals surface area contributed by atoms with Gasteiger partial charge in [-0.25, -0.2) is 9.59 Å². The number of aliphatic hydroxyl groups is 1. The molecule has 1 atom stereocenters. The molecule has 10 nitrogen and oxygen atoms in total. The van der Waals surface area contributed by atoms with Gasteiger partial charge >= 0.3 is 18.2 Å². The zero-order valence-electron chi connectivity index (χ0n) is 26.6. The zero-order valence-corrected chi connectivity index (χ0v) is 26.6. The number of likely N-dealkylation sites (N-methyl/N-ethyl adjacent to an activating group) is 1. The molecule has 2 amide bonds. The van der Waals surface area contributed by atoms with Crippen LogP contribution in [-0.4, -0.2) is 91.2 Å². The van der Waals surface area contributed by atoms with E-state index in [1.165, 1.54) is 16.8 Å². The number of carbonyl (C=O) groups is 3. The number of rotatable bonds is 16. The molecule has 0 heterocycles. The first kappa shape index (κ1) is 38.6. The van der Waals surface area contributed by atoms with Crippen LogP contribution in [0, 0.1) is 6.92 Å². The van der Waals surface area contributed by atoms with Crippen molar-refractivity contribution in [3.8, 4) is 0 Å². The van der Waals surface area contributed by atoms with Gasteiger partial charge in [0.15, 0.2) is 0 Å². The van der Waals surface area contributed by atoms with Crippen molar-refractivity contribution < 1.29 is 42.5 Å². The minimum Gasteiger partial charge on any atom is -0.475 e. The second-order valence-electron chi connectivity index (χ2n) is 10.6. The number of alkyl halides is 3. The molecular weight excluding hydrogens is 617 g/mol. The highest BCUT2D eigenvalue weighted by atomic mass is 19.4. The molecule has 256 valence electrons. The van der Waals surface area contributed by atoms with Gasteiger partial charge in [0.1, 0.15) is 6.61 Å². The van der Waals surface area contributed by atoms with E-state index in [1.54, 1.807) is 0 Å². The van der Waals surface area contributed by atoms with E-state index >= 15 is 0 Å². The first-order chi connectivity index (χ1) is 22.4. The Hall–Kier alpha value is -4.62.